The van der Waals surface area contributed by atoms with Gasteiger partial charge in [-0.1, -0.05) is 12.1 Å². The van der Waals surface area contributed by atoms with Crippen LogP contribution in [0, 0.1) is 5.82 Å². The Morgan fingerprint density at radius 3 is 2.14 bits per heavy atom. The maximum absolute atomic E-state index is 13.1. The molecule has 0 aromatic heterocycles. The van der Waals surface area contributed by atoms with Crippen LogP contribution in [0.1, 0.15) is 11.6 Å². The van der Waals surface area contributed by atoms with Crippen LogP contribution in [-0.4, -0.2) is 72.1 Å². The Labute approximate surface area is 173 Å². The molecule has 1 saturated heterocycles. The first-order valence-electron chi connectivity index (χ1n) is 9.71. The molecule has 8 heteroatoms. The van der Waals surface area contributed by atoms with Crippen molar-refractivity contribution in [3.05, 3.63) is 59.9 Å². The molecule has 0 bridgehead atoms. The van der Waals surface area contributed by atoms with Crippen molar-refractivity contribution in [2.75, 3.05) is 58.8 Å². The van der Waals surface area contributed by atoms with E-state index >= 15 is 0 Å². The van der Waals surface area contributed by atoms with Gasteiger partial charge in [0.1, 0.15) is 5.82 Å². The second kappa shape index (κ2) is 9.21. The van der Waals surface area contributed by atoms with E-state index in [2.05, 4.69) is 33.7 Å². The van der Waals surface area contributed by atoms with Crippen LogP contribution in [0.25, 0.3) is 0 Å². The molecule has 2 aromatic carbocycles. The summed E-state index contributed by atoms with van der Waals surface area (Å²) >= 11 is 0. The predicted octanol–water partition coefficient (Wildman–Crippen LogP) is 2.16. The monoisotopic (exact) mass is 420 g/mol. The van der Waals surface area contributed by atoms with Crippen LogP contribution in [0.15, 0.2) is 53.4 Å². The van der Waals surface area contributed by atoms with Crippen molar-refractivity contribution in [3.63, 3.8) is 0 Å². The van der Waals surface area contributed by atoms with Crippen molar-refractivity contribution in [1.82, 2.24) is 14.5 Å². The first kappa shape index (κ1) is 21.7. The van der Waals surface area contributed by atoms with Gasteiger partial charge in [-0.25, -0.2) is 17.5 Å². The molecule has 1 N–H and O–H groups in total. The average molecular weight is 421 g/mol. The van der Waals surface area contributed by atoms with Gasteiger partial charge in [-0.05, 0) is 49.0 Å². The van der Waals surface area contributed by atoms with Gasteiger partial charge in [-0.2, -0.15) is 0 Å². The van der Waals surface area contributed by atoms with Crippen molar-refractivity contribution >= 4 is 15.7 Å². The Morgan fingerprint density at radius 2 is 1.59 bits per heavy atom. The number of nitrogens with zero attached hydrogens (tertiary/aromatic N) is 3. The maximum atomic E-state index is 13.1. The van der Waals surface area contributed by atoms with Gasteiger partial charge in [0.15, 0.2) is 0 Å². The number of sulfonamides is 1. The van der Waals surface area contributed by atoms with E-state index in [9.17, 15) is 12.8 Å². The van der Waals surface area contributed by atoms with Crippen molar-refractivity contribution in [2.24, 2.45) is 0 Å². The molecule has 6 nitrogen and oxygen atoms in total. The summed E-state index contributed by atoms with van der Waals surface area (Å²) in [5, 5.41) is 0. The Balaban J connectivity index is 1.80. The second-order valence-corrected chi connectivity index (χ2v) is 9.41. The number of hydrogen-bond acceptors (Lipinski definition) is 5. The van der Waals surface area contributed by atoms with Gasteiger partial charge in [-0.15, -0.1) is 0 Å². The number of nitrogens with one attached hydrogen (secondary N) is 1. The molecule has 158 valence electrons. The molecule has 1 fully saturated rings. The number of benzene rings is 2. The van der Waals surface area contributed by atoms with Crippen LogP contribution in [0.3, 0.4) is 0 Å². The summed E-state index contributed by atoms with van der Waals surface area (Å²) < 4.78 is 41.2. The van der Waals surface area contributed by atoms with Crippen LogP contribution in [0.2, 0.25) is 0 Å². The SMILES string of the molecule is CN1CCN([C@@H](CNS(=O)(=O)c2ccc(F)cc2)c2ccc(N(C)C)cc2)CC1. The summed E-state index contributed by atoms with van der Waals surface area (Å²) in [5.74, 6) is -0.458. The molecule has 2 aromatic rings. The Hall–Kier alpha value is -2.00. The van der Waals surface area contributed by atoms with Crippen LogP contribution >= 0.6 is 0 Å². The van der Waals surface area contributed by atoms with Crippen molar-refractivity contribution in [2.45, 2.75) is 10.9 Å². The van der Waals surface area contributed by atoms with E-state index in [1.54, 1.807) is 0 Å². The van der Waals surface area contributed by atoms with E-state index in [0.29, 0.717) is 0 Å². The molecule has 0 radical (unpaired) electrons. The first-order valence-corrected chi connectivity index (χ1v) is 11.2. The van der Waals surface area contributed by atoms with Crippen LogP contribution in [0.5, 0.6) is 0 Å². The van der Waals surface area contributed by atoms with E-state index in [4.69, 9.17) is 0 Å². The summed E-state index contributed by atoms with van der Waals surface area (Å²) in [4.78, 5) is 6.69. The second-order valence-electron chi connectivity index (χ2n) is 7.65. The van der Waals surface area contributed by atoms with E-state index in [-0.39, 0.29) is 17.5 Å². The molecular weight excluding hydrogens is 391 g/mol. The van der Waals surface area contributed by atoms with E-state index in [0.717, 1.165) is 49.6 Å². The molecule has 0 spiro atoms. The Morgan fingerprint density at radius 1 is 1.00 bits per heavy atom. The minimum absolute atomic E-state index is 0.0685. The minimum Gasteiger partial charge on any atom is -0.378 e. The number of anilines is 1. The molecule has 1 aliphatic rings. The lowest BCUT2D eigenvalue weighted by molar-refractivity contribution is 0.113. The first-order chi connectivity index (χ1) is 13.8. The van der Waals surface area contributed by atoms with Gasteiger partial charge in [0.05, 0.1) is 4.90 Å². The van der Waals surface area contributed by atoms with Gasteiger partial charge < -0.3 is 9.80 Å². The summed E-state index contributed by atoms with van der Waals surface area (Å²) in [7, 11) is 2.36. The smallest absolute Gasteiger partial charge is 0.240 e. The van der Waals surface area contributed by atoms with Gasteiger partial charge >= 0.3 is 0 Å². The molecule has 1 aliphatic heterocycles. The van der Waals surface area contributed by atoms with Crippen molar-refractivity contribution in [1.29, 1.82) is 0 Å². The molecule has 0 unspecified atom stereocenters. The highest BCUT2D eigenvalue weighted by Gasteiger charge is 2.26. The number of hydrogen-bond donors (Lipinski definition) is 1. The third-order valence-corrected chi connectivity index (χ3v) is 6.80. The molecule has 0 aliphatic carbocycles. The molecule has 0 amide bonds. The fraction of sp³-hybridized carbons (Fsp3) is 0.429. The van der Waals surface area contributed by atoms with Gasteiger partial charge in [0, 0.05) is 58.5 Å². The highest BCUT2D eigenvalue weighted by molar-refractivity contribution is 7.89. The van der Waals surface area contributed by atoms with Crippen molar-refractivity contribution in [3.8, 4) is 0 Å². The summed E-state index contributed by atoms with van der Waals surface area (Å²) in [6.45, 7) is 3.88. The zero-order valence-corrected chi connectivity index (χ0v) is 18.0. The Kier molecular flexibility index (Phi) is 6.89. The van der Waals surface area contributed by atoms with E-state index in [1.807, 2.05) is 31.1 Å². The summed E-state index contributed by atoms with van der Waals surface area (Å²) in [6, 6.07) is 13.0. The highest BCUT2D eigenvalue weighted by Crippen LogP contribution is 2.24. The third-order valence-electron chi connectivity index (χ3n) is 5.36. The molecule has 1 atom stereocenters. The van der Waals surface area contributed by atoms with Gasteiger partial charge in [0.25, 0.3) is 0 Å². The molecular formula is C21H29FN4O2S. The van der Waals surface area contributed by atoms with E-state index in [1.165, 1.54) is 12.1 Å². The largest absolute Gasteiger partial charge is 0.378 e. The third kappa shape index (κ3) is 5.54. The summed E-state index contributed by atoms with van der Waals surface area (Å²) in [6.07, 6.45) is 0. The number of rotatable bonds is 7. The molecule has 29 heavy (non-hydrogen) atoms. The highest BCUT2D eigenvalue weighted by atomic mass is 32.2. The van der Waals surface area contributed by atoms with E-state index < -0.39 is 15.8 Å². The molecule has 3 rings (SSSR count). The number of halogens is 1. The fourth-order valence-electron chi connectivity index (χ4n) is 3.47. The lowest BCUT2D eigenvalue weighted by atomic mass is 10.0. The topological polar surface area (TPSA) is 55.9 Å². The Bertz CT molecular complexity index is 893. The standard InChI is InChI=1S/C21H29FN4O2S/c1-24(2)19-8-4-17(5-9-19)21(26-14-12-25(3)13-15-26)16-23-29(27,28)20-10-6-18(22)7-11-20/h4-11,21,23H,12-16H2,1-3H3/t21-/m0/s1. The summed E-state index contributed by atoms with van der Waals surface area (Å²) in [5.41, 5.74) is 2.17. The lowest BCUT2D eigenvalue weighted by Crippen LogP contribution is -2.48. The quantitative estimate of drug-likeness (QED) is 0.744. The normalized spacial score (nSPS) is 17.2. The number of likely N-dealkylation sites (N-methyl/N-ethyl adjacent to an activating group) is 1. The van der Waals surface area contributed by atoms with Gasteiger partial charge in [0.2, 0.25) is 10.0 Å². The molecule has 0 saturated carbocycles. The van der Waals surface area contributed by atoms with Gasteiger partial charge in [-0.3, -0.25) is 4.90 Å². The van der Waals surface area contributed by atoms with Crippen LogP contribution in [0.4, 0.5) is 10.1 Å². The minimum atomic E-state index is -3.71. The van der Waals surface area contributed by atoms with Crippen LogP contribution in [-0.2, 0) is 10.0 Å². The zero-order chi connectivity index (χ0) is 21.0. The van der Waals surface area contributed by atoms with Crippen LogP contribution < -0.4 is 9.62 Å². The predicted molar refractivity (Wildman–Crippen MR) is 114 cm³/mol. The van der Waals surface area contributed by atoms with Crippen molar-refractivity contribution < 1.29 is 12.8 Å². The maximum Gasteiger partial charge on any atom is 0.240 e. The zero-order valence-electron chi connectivity index (χ0n) is 17.2. The average Bonchev–Trinajstić information content (AvgIpc) is 2.70. The number of piperazine rings is 1. The fourth-order valence-corrected chi connectivity index (χ4v) is 4.51. The molecule has 1 heterocycles. The lowest BCUT2D eigenvalue weighted by Gasteiger charge is -2.38.